The van der Waals surface area contributed by atoms with E-state index in [1.54, 1.807) is 0 Å². The summed E-state index contributed by atoms with van der Waals surface area (Å²) >= 11 is 2.08. The van der Waals surface area contributed by atoms with E-state index in [1.165, 1.54) is 63.5 Å². The zero-order valence-electron chi connectivity index (χ0n) is 13.3. The van der Waals surface area contributed by atoms with Crippen molar-refractivity contribution in [1.29, 1.82) is 0 Å². The van der Waals surface area contributed by atoms with E-state index in [4.69, 9.17) is 0 Å². The minimum atomic E-state index is 0.0464. The van der Waals surface area contributed by atoms with Crippen molar-refractivity contribution in [3.8, 4) is 0 Å². The van der Waals surface area contributed by atoms with Gasteiger partial charge in [0.05, 0.1) is 0 Å². The first kappa shape index (κ1) is 14.4. The summed E-state index contributed by atoms with van der Waals surface area (Å²) in [6, 6.07) is 0.467. The number of carbonyl (C=O) groups is 1. The molecule has 2 atom stereocenters. The summed E-state index contributed by atoms with van der Waals surface area (Å²) in [6.45, 7) is 2.24. The molecule has 1 N–H and O–H groups in total. The van der Waals surface area contributed by atoms with Crippen molar-refractivity contribution in [3.63, 3.8) is 0 Å². The van der Waals surface area contributed by atoms with Gasteiger partial charge in [-0.25, -0.2) is 0 Å². The monoisotopic (exact) mass is 307 g/mol. The number of hydrogen-bond donors (Lipinski definition) is 1. The predicted molar refractivity (Wildman–Crippen MR) is 88.3 cm³/mol. The third-order valence-electron chi connectivity index (χ3n) is 6.64. The molecule has 5 aliphatic carbocycles. The molecule has 0 unspecified atom stereocenters. The van der Waals surface area contributed by atoms with Crippen LogP contribution in [-0.4, -0.2) is 23.0 Å². The van der Waals surface area contributed by atoms with Crippen molar-refractivity contribution < 1.29 is 4.79 Å². The van der Waals surface area contributed by atoms with Crippen LogP contribution in [0, 0.1) is 23.2 Å². The molecule has 5 fully saturated rings. The molecule has 3 heteroatoms. The van der Waals surface area contributed by atoms with Gasteiger partial charge in [0.15, 0.2) is 0 Å². The first-order valence-electron chi connectivity index (χ1n) is 9.09. The van der Waals surface area contributed by atoms with Gasteiger partial charge in [-0.05, 0) is 81.3 Å². The van der Waals surface area contributed by atoms with Crippen LogP contribution < -0.4 is 5.32 Å². The Bertz CT molecular complexity index is 386. The maximum absolute atomic E-state index is 13.0. The average molecular weight is 308 g/mol. The molecule has 0 aromatic rings. The molecule has 0 aromatic heterocycles. The Labute approximate surface area is 133 Å². The minimum Gasteiger partial charge on any atom is -0.353 e. The second kappa shape index (κ2) is 5.47. The molecule has 5 aliphatic rings. The SMILES string of the molecule is CCS[C@H]1CC[C@@H](NC(=O)C23CC4CC(CC(C4)C2)C3)C1. The molecule has 0 heterocycles. The quantitative estimate of drug-likeness (QED) is 0.851. The fraction of sp³-hybridized carbons (Fsp3) is 0.944. The predicted octanol–water partition coefficient (Wildman–Crippen LogP) is 3.99. The minimum absolute atomic E-state index is 0.0464. The molecule has 0 spiro atoms. The van der Waals surface area contributed by atoms with Crippen molar-refractivity contribution >= 4 is 17.7 Å². The molecule has 0 saturated heterocycles. The van der Waals surface area contributed by atoms with Gasteiger partial charge in [0, 0.05) is 16.7 Å². The summed E-state index contributed by atoms with van der Waals surface area (Å²) in [6.07, 6.45) is 11.6. The molecule has 5 saturated carbocycles. The van der Waals surface area contributed by atoms with Crippen LogP contribution in [0.25, 0.3) is 0 Å². The van der Waals surface area contributed by atoms with Gasteiger partial charge in [0.1, 0.15) is 0 Å². The smallest absolute Gasteiger partial charge is 0.226 e. The molecule has 118 valence electrons. The van der Waals surface area contributed by atoms with Crippen molar-refractivity contribution in [3.05, 3.63) is 0 Å². The normalized spacial score (nSPS) is 47.8. The zero-order chi connectivity index (χ0) is 14.4. The molecule has 2 nitrogen and oxygen atoms in total. The van der Waals surface area contributed by atoms with Gasteiger partial charge in [-0.3, -0.25) is 4.79 Å². The maximum atomic E-state index is 13.0. The van der Waals surface area contributed by atoms with Crippen molar-refractivity contribution in [2.45, 2.75) is 76.0 Å². The molecule has 21 heavy (non-hydrogen) atoms. The van der Waals surface area contributed by atoms with E-state index in [1.807, 2.05) is 0 Å². The average Bonchev–Trinajstić information content (AvgIpc) is 2.85. The van der Waals surface area contributed by atoms with E-state index in [0.717, 1.165) is 23.0 Å². The fourth-order valence-electron chi connectivity index (χ4n) is 6.19. The number of carbonyl (C=O) groups excluding carboxylic acids is 1. The van der Waals surface area contributed by atoms with Crippen molar-refractivity contribution in [1.82, 2.24) is 5.32 Å². The van der Waals surface area contributed by atoms with E-state index in [9.17, 15) is 4.79 Å². The second-order valence-electron chi connectivity index (χ2n) is 8.26. The van der Waals surface area contributed by atoms with E-state index in [0.29, 0.717) is 11.9 Å². The molecule has 0 radical (unpaired) electrons. The van der Waals surface area contributed by atoms with E-state index in [-0.39, 0.29) is 5.41 Å². The van der Waals surface area contributed by atoms with Gasteiger partial charge in [-0.15, -0.1) is 0 Å². The van der Waals surface area contributed by atoms with Crippen molar-refractivity contribution in [2.75, 3.05) is 5.75 Å². The Morgan fingerprint density at radius 2 is 1.67 bits per heavy atom. The van der Waals surface area contributed by atoms with Crippen molar-refractivity contribution in [2.24, 2.45) is 23.2 Å². The lowest BCUT2D eigenvalue weighted by molar-refractivity contribution is -0.147. The van der Waals surface area contributed by atoms with E-state index in [2.05, 4.69) is 24.0 Å². The zero-order valence-corrected chi connectivity index (χ0v) is 14.1. The van der Waals surface area contributed by atoms with Gasteiger partial charge >= 0.3 is 0 Å². The molecule has 5 rings (SSSR count). The molecular formula is C18H29NOS. The Hall–Kier alpha value is -0.180. The Morgan fingerprint density at radius 3 is 2.24 bits per heavy atom. The first-order chi connectivity index (χ1) is 10.2. The number of thioether (sulfide) groups is 1. The van der Waals surface area contributed by atoms with Crippen LogP contribution >= 0.6 is 11.8 Å². The third-order valence-corrected chi connectivity index (χ3v) is 7.87. The summed E-state index contributed by atoms with van der Waals surface area (Å²) in [4.78, 5) is 13.0. The van der Waals surface area contributed by atoms with Gasteiger partial charge in [-0.2, -0.15) is 11.8 Å². The van der Waals surface area contributed by atoms with Crippen LogP contribution in [0.15, 0.2) is 0 Å². The highest BCUT2D eigenvalue weighted by molar-refractivity contribution is 7.99. The molecule has 0 aliphatic heterocycles. The summed E-state index contributed by atoms with van der Waals surface area (Å²) in [7, 11) is 0. The topological polar surface area (TPSA) is 29.1 Å². The molecule has 0 aromatic carbocycles. The highest BCUT2D eigenvalue weighted by atomic mass is 32.2. The van der Waals surface area contributed by atoms with Gasteiger partial charge in [0.2, 0.25) is 5.91 Å². The van der Waals surface area contributed by atoms with Gasteiger partial charge in [0.25, 0.3) is 0 Å². The lowest BCUT2D eigenvalue weighted by atomic mass is 9.49. The number of rotatable bonds is 4. The number of amides is 1. The van der Waals surface area contributed by atoms with Crippen LogP contribution in [0.5, 0.6) is 0 Å². The van der Waals surface area contributed by atoms with Gasteiger partial charge in [-0.1, -0.05) is 6.92 Å². The molecular weight excluding hydrogens is 278 g/mol. The third kappa shape index (κ3) is 2.64. The Morgan fingerprint density at radius 1 is 1.05 bits per heavy atom. The fourth-order valence-corrected chi connectivity index (χ4v) is 7.33. The van der Waals surface area contributed by atoms with Crippen LogP contribution in [0.1, 0.15) is 64.7 Å². The molecule has 1 amide bonds. The van der Waals surface area contributed by atoms with Crippen LogP contribution in [0.3, 0.4) is 0 Å². The summed E-state index contributed by atoms with van der Waals surface area (Å²) < 4.78 is 0. The van der Waals surface area contributed by atoms with Gasteiger partial charge < -0.3 is 5.32 Å². The lowest BCUT2D eigenvalue weighted by Crippen LogP contribution is -2.55. The summed E-state index contributed by atoms with van der Waals surface area (Å²) in [5, 5.41) is 4.26. The van der Waals surface area contributed by atoms with E-state index >= 15 is 0 Å². The largest absolute Gasteiger partial charge is 0.353 e. The standard InChI is InChI=1S/C18H29NOS/c1-2-21-16-4-3-15(8-16)19-17(20)18-9-12-5-13(10-18)7-14(6-12)11-18/h12-16H,2-11H2,1H3,(H,19,20)/t12?,13?,14?,15-,16+,18?/m1/s1. The highest BCUT2D eigenvalue weighted by Crippen LogP contribution is 2.60. The number of hydrogen-bond acceptors (Lipinski definition) is 2. The molecule has 4 bridgehead atoms. The Kier molecular flexibility index (Phi) is 3.76. The maximum Gasteiger partial charge on any atom is 0.226 e. The summed E-state index contributed by atoms with van der Waals surface area (Å²) in [5.41, 5.74) is 0.0464. The van der Waals surface area contributed by atoms with Crippen LogP contribution in [-0.2, 0) is 4.79 Å². The lowest BCUT2D eigenvalue weighted by Gasteiger charge is -2.55. The van der Waals surface area contributed by atoms with Crippen LogP contribution in [0.2, 0.25) is 0 Å². The highest BCUT2D eigenvalue weighted by Gasteiger charge is 2.54. The van der Waals surface area contributed by atoms with Crippen LogP contribution in [0.4, 0.5) is 0 Å². The number of nitrogens with one attached hydrogen (secondary N) is 1. The first-order valence-corrected chi connectivity index (χ1v) is 10.1. The summed E-state index contributed by atoms with van der Waals surface area (Å²) in [5.74, 6) is 4.26. The second-order valence-corrected chi connectivity index (χ2v) is 9.84. The Balaban J connectivity index is 1.39. The van der Waals surface area contributed by atoms with E-state index < -0.39 is 0 Å².